The van der Waals surface area contributed by atoms with Crippen molar-refractivity contribution in [2.45, 2.75) is 51.0 Å². The Labute approximate surface area is 156 Å². The van der Waals surface area contributed by atoms with Crippen LogP contribution in [0.4, 0.5) is 0 Å². The standard InChI is InChI=1S/C23H28N2O/c1-18(14-15-19-9-4-2-5-10-19)22(20-11-6-3-7-12-20)25-23(26)21-13-8-16-24-17-21/h2,4-5,8-10,13,16-17,20,22H,1,3,6-7,11-12,14-15H2,(H,25,26). The summed E-state index contributed by atoms with van der Waals surface area (Å²) in [7, 11) is 0. The number of aryl methyl sites for hydroxylation is 1. The molecule has 136 valence electrons. The van der Waals surface area contributed by atoms with Gasteiger partial charge in [0.05, 0.1) is 11.6 Å². The lowest BCUT2D eigenvalue weighted by Gasteiger charge is -2.32. The Hall–Kier alpha value is -2.42. The molecule has 0 spiro atoms. The van der Waals surface area contributed by atoms with Crippen molar-refractivity contribution in [2.24, 2.45) is 5.92 Å². The monoisotopic (exact) mass is 348 g/mol. The lowest BCUT2D eigenvalue weighted by atomic mass is 9.80. The Morgan fingerprint density at radius 3 is 2.58 bits per heavy atom. The van der Waals surface area contributed by atoms with Crippen LogP contribution in [-0.2, 0) is 6.42 Å². The number of amides is 1. The average Bonchev–Trinajstić information content (AvgIpc) is 2.72. The minimum absolute atomic E-state index is 0.0467. The van der Waals surface area contributed by atoms with E-state index in [2.05, 4.69) is 41.1 Å². The topological polar surface area (TPSA) is 42.0 Å². The van der Waals surface area contributed by atoms with E-state index >= 15 is 0 Å². The van der Waals surface area contributed by atoms with Gasteiger partial charge in [-0.3, -0.25) is 9.78 Å². The Kier molecular flexibility index (Phi) is 6.59. The summed E-state index contributed by atoms with van der Waals surface area (Å²) >= 11 is 0. The van der Waals surface area contributed by atoms with Gasteiger partial charge >= 0.3 is 0 Å². The number of hydrogen-bond acceptors (Lipinski definition) is 2. The van der Waals surface area contributed by atoms with Crippen molar-refractivity contribution in [3.05, 3.63) is 78.1 Å². The second-order valence-electron chi connectivity index (χ2n) is 7.23. The van der Waals surface area contributed by atoms with Gasteiger partial charge in [-0.05, 0) is 49.3 Å². The third-order valence-electron chi connectivity index (χ3n) is 5.35. The zero-order valence-corrected chi connectivity index (χ0v) is 15.4. The molecular weight excluding hydrogens is 320 g/mol. The second kappa shape index (κ2) is 9.33. The predicted octanol–water partition coefficient (Wildman–Crippen LogP) is 4.95. The number of hydrogen-bond donors (Lipinski definition) is 1. The first-order valence-corrected chi connectivity index (χ1v) is 9.66. The van der Waals surface area contributed by atoms with Crippen LogP contribution in [0.1, 0.15) is 54.4 Å². The van der Waals surface area contributed by atoms with E-state index in [-0.39, 0.29) is 11.9 Å². The molecule has 1 fully saturated rings. The molecule has 1 N–H and O–H groups in total. The molecule has 3 nitrogen and oxygen atoms in total. The van der Waals surface area contributed by atoms with E-state index in [1.165, 1.54) is 37.7 Å². The SMILES string of the molecule is C=C(CCc1ccccc1)C(NC(=O)c1cccnc1)C1CCCCC1. The Morgan fingerprint density at radius 2 is 1.88 bits per heavy atom. The van der Waals surface area contributed by atoms with Crippen molar-refractivity contribution in [1.82, 2.24) is 10.3 Å². The molecule has 3 heteroatoms. The van der Waals surface area contributed by atoms with Crippen molar-refractivity contribution in [2.75, 3.05) is 0 Å². The number of carbonyl (C=O) groups is 1. The zero-order chi connectivity index (χ0) is 18.2. The molecule has 0 bridgehead atoms. The third-order valence-corrected chi connectivity index (χ3v) is 5.35. The second-order valence-corrected chi connectivity index (χ2v) is 7.23. The molecule has 1 aromatic carbocycles. The van der Waals surface area contributed by atoms with E-state index in [4.69, 9.17) is 0 Å². The molecule has 2 aromatic rings. The maximum Gasteiger partial charge on any atom is 0.253 e. The van der Waals surface area contributed by atoms with E-state index in [1.54, 1.807) is 18.5 Å². The van der Waals surface area contributed by atoms with Crippen molar-refractivity contribution in [3.8, 4) is 0 Å². The van der Waals surface area contributed by atoms with Crippen LogP contribution in [0, 0.1) is 5.92 Å². The van der Waals surface area contributed by atoms with E-state index in [9.17, 15) is 4.79 Å². The Morgan fingerprint density at radius 1 is 1.12 bits per heavy atom. The molecule has 0 radical (unpaired) electrons. The molecule has 1 aliphatic rings. The van der Waals surface area contributed by atoms with Gasteiger partial charge in [-0.2, -0.15) is 0 Å². The van der Waals surface area contributed by atoms with Gasteiger partial charge in [0.2, 0.25) is 0 Å². The van der Waals surface area contributed by atoms with Gasteiger partial charge in [0.25, 0.3) is 5.91 Å². The fraction of sp³-hybridized carbons (Fsp3) is 0.391. The number of nitrogens with one attached hydrogen (secondary N) is 1. The number of carbonyl (C=O) groups excluding carboxylic acids is 1. The molecule has 1 heterocycles. The fourth-order valence-electron chi connectivity index (χ4n) is 3.85. The number of pyridine rings is 1. The first-order valence-electron chi connectivity index (χ1n) is 9.66. The lowest BCUT2D eigenvalue weighted by Crippen LogP contribution is -2.42. The summed E-state index contributed by atoms with van der Waals surface area (Å²) in [6.45, 7) is 4.36. The normalized spacial score (nSPS) is 16.0. The summed E-state index contributed by atoms with van der Waals surface area (Å²) in [5.74, 6) is 0.446. The Balaban J connectivity index is 1.68. The maximum absolute atomic E-state index is 12.7. The molecule has 1 aliphatic carbocycles. The number of nitrogens with zero attached hydrogens (tertiary/aromatic N) is 1. The molecule has 1 unspecified atom stereocenters. The van der Waals surface area contributed by atoms with Crippen LogP contribution in [0.2, 0.25) is 0 Å². The van der Waals surface area contributed by atoms with Crippen LogP contribution in [0.3, 0.4) is 0 Å². The third kappa shape index (κ3) is 5.04. The summed E-state index contributed by atoms with van der Waals surface area (Å²) in [5.41, 5.74) is 3.07. The van der Waals surface area contributed by atoms with Crippen molar-refractivity contribution in [3.63, 3.8) is 0 Å². The van der Waals surface area contributed by atoms with Gasteiger partial charge in [0, 0.05) is 12.4 Å². The van der Waals surface area contributed by atoms with Crippen LogP contribution in [0.25, 0.3) is 0 Å². The first-order chi connectivity index (χ1) is 12.7. The minimum Gasteiger partial charge on any atom is -0.345 e. The molecule has 3 rings (SSSR count). The van der Waals surface area contributed by atoms with Gasteiger partial charge in [-0.1, -0.05) is 61.7 Å². The summed E-state index contributed by atoms with van der Waals surface area (Å²) in [6, 6.07) is 14.1. The van der Waals surface area contributed by atoms with Crippen molar-refractivity contribution >= 4 is 5.91 Å². The maximum atomic E-state index is 12.7. The number of aromatic nitrogens is 1. The highest BCUT2D eigenvalue weighted by molar-refractivity contribution is 5.94. The average molecular weight is 348 g/mol. The highest BCUT2D eigenvalue weighted by Crippen LogP contribution is 2.30. The molecule has 1 amide bonds. The summed E-state index contributed by atoms with van der Waals surface area (Å²) in [6.07, 6.45) is 11.3. The molecular formula is C23H28N2O. The fourth-order valence-corrected chi connectivity index (χ4v) is 3.85. The molecule has 1 saturated carbocycles. The van der Waals surface area contributed by atoms with Crippen LogP contribution >= 0.6 is 0 Å². The first kappa shape index (κ1) is 18.4. The zero-order valence-electron chi connectivity index (χ0n) is 15.4. The molecule has 1 atom stereocenters. The molecule has 1 aromatic heterocycles. The number of benzene rings is 1. The lowest BCUT2D eigenvalue weighted by molar-refractivity contribution is 0.0922. The molecule has 26 heavy (non-hydrogen) atoms. The van der Waals surface area contributed by atoms with Gasteiger partial charge in [0.15, 0.2) is 0 Å². The van der Waals surface area contributed by atoms with Gasteiger partial charge in [-0.25, -0.2) is 0 Å². The van der Waals surface area contributed by atoms with E-state index < -0.39 is 0 Å². The van der Waals surface area contributed by atoms with Crippen LogP contribution < -0.4 is 5.32 Å². The van der Waals surface area contributed by atoms with Crippen LogP contribution in [-0.4, -0.2) is 16.9 Å². The highest BCUT2D eigenvalue weighted by atomic mass is 16.1. The highest BCUT2D eigenvalue weighted by Gasteiger charge is 2.27. The largest absolute Gasteiger partial charge is 0.345 e. The number of rotatable bonds is 7. The summed E-state index contributed by atoms with van der Waals surface area (Å²) in [4.78, 5) is 16.7. The quantitative estimate of drug-likeness (QED) is 0.719. The van der Waals surface area contributed by atoms with Crippen molar-refractivity contribution < 1.29 is 4.79 Å². The van der Waals surface area contributed by atoms with Crippen molar-refractivity contribution in [1.29, 1.82) is 0 Å². The minimum atomic E-state index is -0.0467. The van der Waals surface area contributed by atoms with Crippen LogP contribution in [0.5, 0.6) is 0 Å². The summed E-state index contributed by atoms with van der Waals surface area (Å²) in [5, 5.41) is 3.26. The van der Waals surface area contributed by atoms with E-state index in [0.29, 0.717) is 11.5 Å². The summed E-state index contributed by atoms with van der Waals surface area (Å²) < 4.78 is 0. The van der Waals surface area contributed by atoms with E-state index in [0.717, 1.165) is 18.4 Å². The molecule has 0 saturated heterocycles. The van der Waals surface area contributed by atoms with Gasteiger partial charge in [-0.15, -0.1) is 0 Å². The molecule has 0 aliphatic heterocycles. The predicted molar refractivity (Wildman–Crippen MR) is 106 cm³/mol. The van der Waals surface area contributed by atoms with Crippen LogP contribution in [0.15, 0.2) is 67.0 Å². The van der Waals surface area contributed by atoms with Gasteiger partial charge < -0.3 is 5.32 Å². The smallest absolute Gasteiger partial charge is 0.253 e. The Bertz CT molecular complexity index is 706. The van der Waals surface area contributed by atoms with Gasteiger partial charge in [0.1, 0.15) is 0 Å². The van der Waals surface area contributed by atoms with E-state index in [1.807, 2.05) is 12.1 Å².